The summed E-state index contributed by atoms with van der Waals surface area (Å²) >= 11 is 7.27. The molecule has 2 unspecified atom stereocenters. The van der Waals surface area contributed by atoms with E-state index in [1.165, 1.54) is 11.8 Å². The van der Waals surface area contributed by atoms with E-state index >= 15 is 0 Å². The zero-order valence-corrected chi connectivity index (χ0v) is 15.8. The molecular weight excluding hydrogens is 358 g/mol. The van der Waals surface area contributed by atoms with Gasteiger partial charge in [-0.3, -0.25) is 4.79 Å². The lowest BCUT2D eigenvalue weighted by Crippen LogP contribution is -2.45. The quantitative estimate of drug-likeness (QED) is 0.449. The Bertz CT molecular complexity index is 731. The molecule has 7 heteroatoms. The van der Waals surface area contributed by atoms with Gasteiger partial charge in [0, 0.05) is 29.7 Å². The minimum Gasteiger partial charge on any atom is -0.372 e. The van der Waals surface area contributed by atoms with Gasteiger partial charge in [0.15, 0.2) is 5.78 Å². The molecule has 1 saturated heterocycles. The van der Waals surface area contributed by atoms with Crippen molar-refractivity contribution in [2.45, 2.75) is 31.1 Å². The normalized spacial score (nSPS) is 20.5. The maximum atomic E-state index is 12.3. The number of carbonyl (C=O) groups excluding carboxylic acids is 1. The average Bonchev–Trinajstić information content (AvgIpc) is 2.60. The summed E-state index contributed by atoms with van der Waals surface area (Å²) in [7, 11) is 0. The molecule has 1 fully saturated rings. The van der Waals surface area contributed by atoms with E-state index < -0.39 is 0 Å². The average molecular weight is 378 g/mol. The molecule has 2 aromatic rings. The fourth-order valence-electron chi connectivity index (χ4n) is 2.81. The summed E-state index contributed by atoms with van der Waals surface area (Å²) in [6, 6.07) is 8.87. The number of ketones is 1. The maximum absolute atomic E-state index is 12.3. The van der Waals surface area contributed by atoms with Gasteiger partial charge in [-0.25, -0.2) is 9.97 Å². The molecule has 132 valence electrons. The van der Waals surface area contributed by atoms with Gasteiger partial charge < -0.3 is 9.64 Å². The molecule has 0 radical (unpaired) electrons. The highest BCUT2D eigenvalue weighted by Crippen LogP contribution is 2.23. The number of Topliss-reactive ketones (excluding diaryl/α,β-unsaturated/α-hetero) is 1. The number of benzene rings is 1. The standard InChI is InChI=1S/C18H20ClN3O2S/c1-12-8-22(9-13(2)24-12)17-7-18(21-11-20-17)25-10-16(23)14-3-5-15(19)6-4-14/h3-7,11-13H,8-10H2,1-2H3. The van der Waals surface area contributed by atoms with Gasteiger partial charge in [-0.1, -0.05) is 23.4 Å². The van der Waals surface area contributed by atoms with Gasteiger partial charge in [-0.2, -0.15) is 0 Å². The lowest BCUT2D eigenvalue weighted by molar-refractivity contribution is -0.00548. The Hall–Kier alpha value is -1.63. The molecule has 0 saturated carbocycles. The number of halogens is 1. The van der Waals surface area contributed by atoms with Crippen LogP contribution in [0.1, 0.15) is 24.2 Å². The molecule has 0 N–H and O–H groups in total. The Kier molecular flexibility index (Phi) is 5.93. The molecule has 5 nitrogen and oxygen atoms in total. The van der Waals surface area contributed by atoms with Gasteiger partial charge in [-0.05, 0) is 38.1 Å². The smallest absolute Gasteiger partial charge is 0.173 e. The van der Waals surface area contributed by atoms with Gasteiger partial charge in [0.25, 0.3) is 0 Å². The third-order valence-electron chi connectivity index (χ3n) is 3.89. The third kappa shape index (κ3) is 4.93. The summed E-state index contributed by atoms with van der Waals surface area (Å²) in [4.78, 5) is 23.1. The second kappa shape index (κ2) is 8.17. The van der Waals surface area contributed by atoms with Crippen molar-refractivity contribution in [1.82, 2.24) is 9.97 Å². The molecule has 2 atom stereocenters. The van der Waals surface area contributed by atoms with Crippen LogP contribution < -0.4 is 4.90 Å². The van der Waals surface area contributed by atoms with Gasteiger partial charge in [0.1, 0.15) is 17.2 Å². The van der Waals surface area contributed by atoms with Crippen LogP contribution in [0.15, 0.2) is 41.7 Å². The number of anilines is 1. The number of carbonyl (C=O) groups is 1. The van der Waals surface area contributed by atoms with Crippen molar-refractivity contribution in [3.63, 3.8) is 0 Å². The largest absolute Gasteiger partial charge is 0.372 e. The van der Waals surface area contributed by atoms with Crippen LogP contribution in [0.2, 0.25) is 5.02 Å². The molecular formula is C18H20ClN3O2S. The molecule has 0 aliphatic carbocycles. The number of rotatable bonds is 5. The molecule has 0 spiro atoms. The molecule has 2 heterocycles. The molecule has 0 amide bonds. The topological polar surface area (TPSA) is 55.3 Å². The number of aromatic nitrogens is 2. The molecule has 1 aliphatic heterocycles. The van der Waals surface area contributed by atoms with Crippen molar-refractivity contribution >= 4 is 35.0 Å². The lowest BCUT2D eigenvalue weighted by Gasteiger charge is -2.36. The Morgan fingerprint density at radius 1 is 1.24 bits per heavy atom. The highest BCUT2D eigenvalue weighted by atomic mass is 35.5. The predicted molar refractivity (Wildman–Crippen MR) is 101 cm³/mol. The van der Waals surface area contributed by atoms with Crippen molar-refractivity contribution in [2.24, 2.45) is 0 Å². The minimum atomic E-state index is 0.0513. The van der Waals surface area contributed by atoms with E-state index in [0.29, 0.717) is 16.3 Å². The van der Waals surface area contributed by atoms with Gasteiger partial charge in [0.05, 0.1) is 18.0 Å². The number of thioether (sulfide) groups is 1. The maximum Gasteiger partial charge on any atom is 0.173 e. The first-order valence-electron chi connectivity index (χ1n) is 8.15. The van der Waals surface area contributed by atoms with Crippen LogP contribution in [0, 0.1) is 0 Å². The highest BCUT2D eigenvalue weighted by molar-refractivity contribution is 7.99. The number of morpholine rings is 1. The number of hydrogen-bond donors (Lipinski definition) is 0. The lowest BCUT2D eigenvalue weighted by atomic mass is 10.1. The fraction of sp³-hybridized carbons (Fsp3) is 0.389. The second-order valence-corrected chi connectivity index (χ2v) is 7.53. The minimum absolute atomic E-state index is 0.0513. The number of nitrogens with zero attached hydrogens (tertiary/aromatic N) is 3. The second-order valence-electron chi connectivity index (χ2n) is 6.10. The highest BCUT2D eigenvalue weighted by Gasteiger charge is 2.23. The molecule has 1 aliphatic rings. The SMILES string of the molecule is CC1CN(c2cc(SCC(=O)c3ccc(Cl)cc3)ncn2)CC(C)O1. The van der Waals surface area contributed by atoms with E-state index in [-0.39, 0.29) is 18.0 Å². The van der Waals surface area contributed by atoms with Gasteiger partial charge in [-0.15, -0.1) is 0 Å². The van der Waals surface area contributed by atoms with Crippen molar-refractivity contribution in [3.05, 3.63) is 47.2 Å². The van der Waals surface area contributed by atoms with Crippen molar-refractivity contribution < 1.29 is 9.53 Å². The van der Waals surface area contributed by atoms with Crippen LogP contribution >= 0.6 is 23.4 Å². The van der Waals surface area contributed by atoms with E-state index in [9.17, 15) is 4.79 Å². The van der Waals surface area contributed by atoms with Crippen LogP contribution in [0.3, 0.4) is 0 Å². The van der Waals surface area contributed by atoms with E-state index in [0.717, 1.165) is 23.9 Å². The summed E-state index contributed by atoms with van der Waals surface area (Å²) in [6.45, 7) is 5.72. The van der Waals surface area contributed by atoms with Crippen LogP contribution in [0.25, 0.3) is 0 Å². The summed E-state index contributed by atoms with van der Waals surface area (Å²) in [6.07, 6.45) is 1.89. The molecule has 0 bridgehead atoms. The van der Waals surface area contributed by atoms with E-state index in [4.69, 9.17) is 16.3 Å². The first-order chi connectivity index (χ1) is 12.0. The Labute approximate surface area is 156 Å². The number of hydrogen-bond acceptors (Lipinski definition) is 6. The van der Waals surface area contributed by atoms with Crippen LogP contribution in [-0.4, -0.2) is 46.8 Å². The zero-order valence-electron chi connectivity index (χ0n) is 14.2. The van der Waals surface area contributed by atoms with Crippen LogP contribution in [0.4, 0.5) is 5.82 Å². The first-order valence-corrected chi connectivity index (χ1v) is 9.51. The van der Waals surface area contributed by atoms with E-state index in [2.05, 4.69) is 28.7 Å². The van der Waals surface area contributed by atoms with Crippen LogP contribution in [-0.2, 0) is 4.74 Å². The van der Waals surface area contributed by atoms with Crippen LogP contribution in [0.5, 0.6) is 0 Å². The summed E-state index contributed by atoms with van der Waals surface area (Å²) < 4.78 is 5.76. The van der Waals surface area contributed by atoms with Gasteiger partial charge in [0.2, 0.25) is 0 Å². The van der Waals surface area contributed by atoms with Crippen molar-refractivity contribution in [2.75, 3.05) is 23.7 Å². The van der Waals surface area contributed by atoms with Crippen molar-refractivity contribution in [3.8, 4) is 0 Å². The fourth-order valence-corrected chi connectivity index (χ4v) is 3.69. The molecule has 3 rings (SSSR count). The summed E-state index contributed by atoms with van der Waals surface area (Å²) in [5, 5.41) is 1.41. The number of ether oxygens (including phenoxy) is 1. The van der Waals surface area contributed by atoms with E-state index in [1.807, 2.05) is 6.07 Å². The predicted octanol–water partition coefficient (Wildman–Crippen LogP) is 3.72. The third-order valence-corrected chi connectivity index (χ3v) is 5.07. The Morgan fingerprint density at radius 2 is 1.92 bits per heavy atom. The monoisotopic (exact) mass is 377 g/mol. The zero-order chi connectivity index (χ0) is 17.8. The summed E-state index contributed by atoms with van der Waals surface area (Å²) in [5.41, 5.74) is 0.655. The molecule has 25 heavy (non-hydrogen) atoms. The Balaban J connectivity index is 1.63. The molecule has 1 aromatic carbocycles. The first kappa shape index (κ1) is 18.2. The Morgan fingerprint density at radius 3 is 2.60 bits per heavy atom. The van der Waals surface area contributed by atoms with Gasteiger partial charge >= 0.3 is 0 Å². The van der Waals surface area contributed by atoms with E-state index in [1.54, 1.807) is 30.6 Å². The van der Waals surface area contributed by atoms with Crippen molar-refractivity contribution in [1.29, 1.82) is 0 Å². The molecule has 1 aromatic heterocycles. The summed E-state index contributed by atoms with van der Waals surface area (Å²) in [5.74, 6) is 1.25.